The van der Waals surface area contributed by atoms with E-state index in [9.17, 15) is 9.90 Å². The van der Waals surface area contributed by atoms with Gasteiger partial charge in [0.05, 0.1) is 0 Å². The fraction of sp³-hybridized carbons (Fsp3) is 0.242. The van der Waals surface area contributed by atoms with Gasteiger partial charge >= 0.3 is 0 Å². The zero-order valence-electron chi connectivity index (χ0n) is 21.5. The average molecular weight is 507 g/mol. The molecule has 1 fully saturated rings. The number of amides is 1. The summed E-state index contributed by atoms with van der Waals surface area (Å²) in [4.78, 5) is 14.6. The van der Waals surface area contributed by atoms with Gasteiger partial charge in [-0.2, -0.15) is 0 Å². The van der Waals surface area contributed by atoms with Gasteiger partial charge in [0, 0.05) is 23.9 Å². The second-order valence-corrected chi connectivity index (χ2v) is 9.87. The third-order valence-electron chi connectivity index (χ3n) is 7.11. The third-order valence-corrected chi connectivity index (χ3v) is 7.11. The molecule has 1 aliphatic rings. The number of carbonyl (C=O) groups excluding carboxylic acids is 1. The summed E-state index contributed by atoms with van der Waals surface area (Å²) in [6.45, 7) is 2.71. The van der Waals surface area contributed by atoms with Crippen molar-refractivity contribution in [1.82, 2.24) is 4.90 Å². The van der Waals surface area contributed by atoms with E-state index < -0.39 is 6.10 Å². The lowest BCUT2D eigenvalue weighted by Gasteiger charge is -2.33. The van der Waals surface area contributed by atoms with Crippen LogP contribution in [0.1, 0.15) is 29.9 Å². The molecule has 0 saturated carbocycles. The largest absolute Gasteiger partial charge is 0.490 e. The molecule has 5 heteroatoms. The molecule has 38 heavy (non-hydrogen) atoms. The lowest BCUT2D eigenvalue weighted by Crippen LogP contribution is -2.40. The quantitative estimate of drug-likeness (QED) is 0.269. The van der Waals surface area contributed by atoms with E-state index in [1.807, 2.05) is 54.6 Å². The Bertz CT molecular complexity index is 1380. The normalized spacial score (nSPS) is 15.5. The fourth-order valence-electron chi connectivity index (χ4n) is 5.07. The van der Waals surface area contributed by atoms with Gasteiger partial charge in [-0.3, -0.25) is 4.79 Å². The molecule has 1 heterocycles. The summed E-state index contributed by atoms with van der Waals surface area (Å²) in [6.07, 6.45) is 4.81. The van der Waals surface area contributed by atoms with Crippen molar-refractivity contribution in [2.24, 2.45) is 0 Å². The van der Waals surface area contributed by atoms with Gasteiger partial charge in [0.15, 0.2) is 0 Å². The van der Waals surface area contributed by atoms with Crippen molar-refractivity contribution in [2.45, 2.75) is 24.9 Å². The van der Waals surface area contributed by atoms with Crippen LogP contribution in [0.15, 0.2) is 103 Å². The second-order valence-electron chi connectivity index (χ2n) is 9.87. The number of rotatable bonds is 9. The first-order valence-corrected chi connectivity index (χ1v) is 13.3. The van der Waals surface area contributed by atoms with Crippen LogP contribution >= 0.6 is 0 Å². The summed E-state index contributed by atoms with van der Waals surface area (Å²) >= 11 is 0. The Hall–Kier alpha value is -3.93. The van der Waals surface area contributed by atoms with Crippen LogP contribution in [-0.4, -0.2) is 48.3 Å². The molecule has 0 aliphatic carbocycles. The van der Waals surface area contributed by atoms with E-state index in [-0.39, 0.29) is 12.5 Å². The minimum Gasteiger partial charge on any atom is -0.490 e. The smallest absolute Gasteiger partial charge is 0.248 e. The van der Waals surface area contributed by atoms with Crippen molar-refractivity contribution < 1.29 is 14.6 Å². The number of likely N-dealkylation sites (tertiary alicyclic amines) is 1. The number of fused-ring (bicyclic) bond motifs is 1. The molecule has 0 bridgehead atoms. The molecule has 4 aromatic rings. The molecular weight excluding hydrogens is 472 g/mol. The van der Waals surface area contributed by atoms with Gasteiger partial charge in [-0.25, -0.2) is 0 Å². The van der Waals surface area contributed by atoms with Crippen LogP contribution in [0.4, 0.5) is 5.69 Å². The average Bonchev–Trinajstić information content (AvgIpc) is 2.96. The number of aliphatic hydroxyl groups excluding tert-OH is 1. The van der Waals surface area contributed by atoms with Crippen LogP contribution in [0.5, 0.6) is 5.75 Å². The highest BCUT2D eigenvalue weighted by molar-refractivity contribution is 6.02. The molecule has 0 spiro atoms. The summed E-state index contributed by atoms with van der Waals surface area (Å²) in [5, 5.41) is 16.1. The highest BCUT2D eigenvalue weighted by Gasteiger charge is 2.22. The van der Waals surface area contributed by atoms with Crippen LogP contribution in [0, 0.1) is 0 Å². The Balaban J connectivity index is 1.09. The molecule has 5 nitrogen and oxygen atoms in total. The van der Waals surface area contributed by atoms with Gasteiger partial charge in [-0.15, -0.1) is 0 Å². The molecule has 1 saturated heterocycles. The van der Waals surface area contributed by atoms with E-state index in [2.05, 4.69) is 52.7 Å². The molecule has 194 valence electrons. The molecule has 1 aliphatic heterocycles. The number of aliphatic hydroxyl groups is 1. The lowest BCUT2D eigenvalue weighted by atomic mass is 9.88. The van der Waals surface area contributed by atoms with Crippen LogP contribution in [0.3, 0.4) is 0 Å². The molecule has 4 aromatic carbocycles. The van der Waals surface area contributed by atoms with E-state index >= 15 is 0 Å². The first kappa shape index (κ1) is 25.7. The topological polar surface area (TPSA) is 61.8 Å². The minimum absolute atomic E-state index is 0.200. The molecule has 5 rings (SSSR count). The number of β-amino-alcohol motifs (C(OH)–C–C–N with tert-alkyl or cyclic N) is 1. The van der Waals surface area contributed by atoms with Gasteiger partial charge < -0.3 is 20.1 Å². The fourth-order valence-corrected chi connectivity index (χ4v) is 5.07. The van der Waals surface area contributed by atoms with E-state index in [0.717, 1.165) is 37.2 Å². The molecule has 0 unspecified atom stereocenters. The van der Waals surface area contributed by atoms with E-state index in [4.69, 9.17) is 4.74 Å². The third kappa shape index (κ3) is 6.88. The monoisotopic (exact) mass is 506 g/mol. The molecule has 1 amide bonds. The van der Waals surface area contributed by atoms with Gasteiger partial charge in [-0.05, 0) is 72.5 Å². The Morgan fingerprint density at radius 1 is 0.921 bits per heavy atom. The molecule has 1 atom stereocenters. The highest BCUT2D eigenvalue weighted by Crippen LogP contribution is 2.30. The predicted molar refractivity (Wildman–Crippen MR) is 154 cm³/mol. The van der Waals surface area contributed by atoms with Crippen molar-refractivity contribution in [2.75, 3.05) is 31.6 Å². The number of hydrogen-bond donors (Lipinski definition) is 2. The van der Waals surface area contributed by atoms with Gasteiger partial charge in [0.25, 0.3) is 0 Å². The van der Waals surface area contributed by atoms with Crippen LogP contribution in [0.25, 0.3) is 16.8 Å². The van der Waals surface area contributed by atoms with Crippen LogP contribution < -0.4 is 10.1 Å². The van der Waals surface area contributed by atoms with Gasteiger partial charge in [-0.1, -0.05) is 78.9 Å². The van der Waals surface area contributed by atoms with Crippen LogP contribution in [0.2, 0.25) is 0 Å². The van der Waals surface area contributed by atoms with Crippen molar-refractivity contribution in [3.8, 4) is 5.75 Å². The van der Waals surface area contributed by atoms with E-state index in [1.54, 1.807) is 6.08 Å². The zero-order valence-corrected chi connectivity index (χ0v) is 21.5. The first-order chi connectivity index (χ1) is 18.6. The Labute approximate surface area is 224 Å². The first-order valence-electron chi connectivity index (χ1n) is 13.3. The summed E-state index contributed by atoms with van der Waals surface area (Å²) in [7, 11) is 0. The van der Waals surface area contributed by atoms with Crippen molar-refractivity contribution >= 4 is 28.4 Å². The van der Waals surface area contributed by atoms with Crippen molar-refractivity contribution in [3.05, 3.63) is 114 Å². The van der Waals surface area contributed by atoms with Gasteiger partial charge in [0.2, 0.25) is 5.91 Å². The van der Waals surface area contributed by atoms with Crippen molar-refractivity contribution in [1.29, 1.82) is 0 Å². The lowest BCUT2D eigenvalue weighted by molar-refractivity contribution is -0.111. The summed E-state index contributed by atoms with van der Waals surface area (Å²) in [6, 6.07) is 32.2. The second kappa shape index (κ2) is 12.5. The minimum atomic E-state index is -0.592. The van der Waals surface area contributed by atoms with Crippen molar-refractivity contribution in [3.63, 3.8) is 0 Å². The highest BCUT2D eigenvalue weighted by atomic mass is 16.5. The number of nitrogens with one attached hydrogen (secondary N) is 1. The van der Waals surface area contributed by atoms with E-state index in [1.165, 1.54) is 22.4 Å². The maximum atomic E-state index is 12.3. The number of anilines is 1. The zero-order chi connectivity index (χ0) is 26.2. The predicted octanol–water partition coefficient (Wildman–Crippen LogP) is 6.11. The number of para-hydroxylation sites is 2. The maximum Gasteiger partial charge on any atom is 0.248 e. The Morgan fingerprint density at radius 2 is 1.63 bits per heavy atom. The molecule has 2 N–H and O–H groups in total. The number of piperidine rings is 1. The number of hydrogen-bond acceptors (Lipinski definition) is 4. The van der Waals surface area contributed by atoms with Crippen LogP contribution in [-0.2, 0) is 4.79 Å². The summed E-state index contributed by atoms with van der Waals surface area (Å²) in [5.74, 6) is 0.991. The number of nitrogens with zero attached hydrogens (tertiary/aromatic N) is 1. The summed E-state index contributed by atoms with van der Waals surface area (Å²) < 4.78 is 5.96. The molecule has 0 aromatic heterocycles. The SMILES string of the molecule is O=C(C=Cc1ccccc1OC[C@@H](O)CN1CCC(c2ccc3ccccc3c2)CC1)Nc1ccccc1. The molecule has 0 radical (unpaired) electrons. The number of ether oxygens (including phenoxy) is 1. The van der Waals surface area contributed by atoms with Gasteiger partial charge in [0.1, 0.15) is 18.5 Å². The standard InChI is InChI=1S/C33H34N2O3/c36-31(23-35-20-18-26(19-21-35)29-15-14-25-8-4-5-10-28(25)22-29)24-38-32-13-7-6-9-27(32)16-17-33(37)34-30-11-2-1-3-12-30/h1-17,22,26,31,36H,18-21,23-24H2,(H,34,37)/t31-/m0/s1. The number of carbonyl (C=O) groups is 1. The molecular formula is C33H34N2O3. The summed E-state index contributed by atoms with van der Waals surface area (Å²) in [5.41, 5.74) is 2.95. The van der Waals surface area contributed by atoms with E-state index in [0.29, 0.717) is 18.2 Å². The Morgan fingerprint density at radius 3 is 2.45 bits per heavy atom. The Kier molecular flexibility index (Phi) is 8.49. The number of benzene rings is 4. The maximum absolute atomic E-state index is 12.3.